The van der Waals surface area contributed by atoms with Crippen LogP contribution < -0.4 is 0 Å². The highest BCUT2D eigenvalue weighted by Crippen LogP contribution is 2.36. The molecule has 2 saturated heterocycles. The summed E-state index contributed by atoms with van der Waals surface area (Å²) < 4.78 is 24.8. The second-order valence-electron chi connectivity index (χ2n) is 7.47. The molecule has 2 aliphatic rings. The van der Waals surface area contributed by atoms with Crippen molar-refractivity contribution in [2.45, 2.75) is 31.6 Å². The Morgan fingerprint density at radius 3 is 2.62 bits per heavy atom. The second-order valence-corrected chi connectivity index (χ2v) is 9.73. The van der Waals surface area contributed by atoms with Gasteiger partial charge in [-0.1, -0.05) is 23.8 Å². The lowest BCUT2D eigenvalue weighted by molar-refractivity contribution is -0.129. The Bertz CT molecular complexity index is 758. The van der Waals surface area contributed by atoms with E-state index in [0.717, 1.165) is 16.7 Å². The van der Waals surface area contributed by atoms with Gasteiger partial charge in [0.1, 0.15) is 0 Å². The topological polar surface area (TPSA) is 57.7 Å². The highest BCUT2D eigenvalue weighted by atomic mass is 32.2. The molecule has 6 heteroatoms. The Hall–Kier alpha value is -1.40. The SMILES string of the molecule is Cc1ccc(C)c(CC(=O)N2C[C@H]3[C@H](N(C)C)CS(=O)(=O)[C@H]3C2)c1. The number of likely N-dealkylation sites (tertiary alicyclic amines) is 1. The quantitative estimate of drug-likeness (QED) is 0.817. The van der Waals surface area contributed by atoms with Crippen molar-refractivity contribution in [1.29, 1.82) is 0 Å². The zero-order valence-electron chi connectivity index (χ0n) is 14.8. The third-order valence-corrected chi connectivity index (χ3v) is 7.76. The summed E-state index contributed by atoms with van der Waals surface area (Å²) in [5, 5.41) is -0.396. The van der Waals surface area contributed by atoms with Gasteiger partial charge in [0, 0.05) is 25.0 Å². The number of hydrogen-bond acceptors (Lipinski definition) is 4. The van der Waals surface area contributed by atoms with Crippen molar-refractivity contribution < 1.29 is 13.2 Å². The summed E-state index contributed by atoms with van der Waals surface area (Å²) in [4.78, 5) is 16.5. The van der Waals surface area contributed by atoms with Crippen molar-refractivity contribution >= 4 is 15.7 Å². The minimum atomic E-state index is -3.11. The van der Waals surface area contributed by atoms with E-state index in [4.69, 9.17) is 0 Å². The van der Waals surface area contributed by atoms with Gasteiger partial charge in [0.25, 0.3) is 0 Å². The van der Waals surface area contributed by atoms with Gasteiger partial charge in [-0.15, -0.1) is 0 Å². The predicted molar refractivity (Wildman–Crippen MR) is 94.7 cm³/mol. The number of hydrogen-bond donors (Lipinski definition) is 0. The van der Waals surface area contributed by atoms with Crippen LogP contribution in [0.15, 0.2) is 18.2 Å². The fourth-order valence-electron chi connectivity index (χ4n) is 4.03. The molecule has 24 heavy (non-hydrogen) atoms. The molecule has 5 nitrogen and oxygen atoms in total. The zero-order valence-corrected chi connectivity index (χ0v) is 15.6. The van der Waals surface area contributed by atoms with Gasteiger partial charge in [0.2, 0.25) is 5.91 Å². The standard InChI is InChI=1S/C18H26N2O3S/c1-12-5-6-13(2)14(7-12)8-18(21)20-9-15-16(19(3)4)11-24(22,23)17(15)10-20/h5-7,15-17H,8-11H2,1-4H3/t15-,16+,17-/m0/s1. The molecular weight excluding hydrogens is 324 g/mol. The molecule has 132 valence electrons. The first-order chi connectivity index (χ1) is 11.2. The Morgan fingerprint density at radius 2 is 1.96 bits per heavy atom. The van der Waals surface area contributed by atoms with E-state index in [1.165, 1.54) is 0 Å². The van der Waals surface area contributed by atoms with Gasteiger partial charge in [-0.05, 0) is 39.1 Å². The molecule has 3 rings (SSSR count). The molecule has 0 aliphatic carbocycles. The Balaban J connectivity index is 1.76. The van der Waals surface area contributed by atoms with Gasteiger partial charge >= 0.3 is 0 Å². The second kappa shape index (κ2) is 6.15. The van der Waals surface area contributed by atoms with Gasteiger partial charge in [0.05, 0.1) is 17.4 Å². The van der Waals surface area contributed by atoms with E-state index < -0.39 is 15.1 Å². The summed E-state index contributed by atoms with van der Waals surface area (Å²) in [6, 6.07) is 6.13. The Morgan fingerprint density at radius 1 is 1.25 bits per heavy atom. The number of aryl methyl sites for hydroxylation is 2. The predicted octanol–water partition coefficient (Wildman–Crippen LogP) is 1.03. The summed E-state index contributed by atoms with van der Waals surface area (Å²) in [6.45, 7) is 4.92. The van der Waals surface area contributed by atoms with Crippen molar-refractivity contribution in [3.8, 4) is 0 Å². The fraction of sp³-hybridized carbons (Fsp3) is 0.611. The van der Waals surface area contributed by atoms with Crippen LogP contribution in [-0.2, 0) is 21.1 Å². The number of fused-ring (bicyclic) bond motifs is 1. The van der Waals surface area contributed by atoms with Gasteiger partial charge in [-0.25, -0.2) is 8.42 Å². The lowest BCUT2D eigenvalue weighted by Crippen LogP contribution is -2.39. The molecule has 3 atom stereocenters. The van der Waals surface area contributed by atoms with Crippen molar-refractivity contribution in [3.05, 3.63) is 34.9 Å². The first kappa shape index (κ1) is 17.4. The van der Waals surface area contributed by atoms with Crippen LogP contribution in [0.4, 0.5) is 0 Å². The van der Waals surface area contributed by atoms with Crippen molar-refractivity contribution in [3.63, 3.8) is 0 Å². The van der Waals surface area contributed by atoms with E-state index in [1.54, 1.807) is 4.90 Å². The van der Waals surface area contributed by atoms with Crippen LogP contribution in [0.2, 0.25) is 0 Å². The molecule has 1 aromatic carbocycles. The van der Waals surface area contributed by atoms with Crippen LogP contribution in [-0.4, -0.2) is 68.4 Å². The van der Waals surface area contributed by atoms with Crippen molar-refractivity contribution in [2.75, 3.05) is 32.9 Å². The lowest BCUT2D eigenvalue weighted by atomic mass is 10.00. The van der Waals surface area contributed by atoms with Crippen LogP contribution in [0.3, 0.4) is 0 Å². The monoisotopic (exact) mass is 350 g/mol. The largest absolute Gasteiger partial charge is 0.341 e. The molecule has 1 aromatic rings. The molecule has 0 bridgehead atoms. The number of sulfone groups is 1. The number of rotatable bonds is 3. The van der Waals surface area contributed by atoms with Crippen LogP contribution in [0.5, 0.6) is 0 Å². The average molecular weight is 350 g/mol. The van der Waals surface area contributed by atoms with Crippen molar-refractivity contribution in [2.24, 2.45) is 5.92 Å². The van der Waals surface area contributed by atoms with Crippen LogP contribution in [0.1, 0.15) is 16.7 Å². The van der Waals surface area contributed by atoms with E-state index in [9.17, 15) is 13.2 Å². The summed E-state index contributed by atoms with van der Waals surface area (Å²) in [5.74, 6) is 0.285. The minimum absolute atomic E-state index is 0.0125. The Kier molecular flexibility index (Phi) is 4.47. The molecule has 2 heterocycles. The van der Waals surface area contributed by atoms with E-state index >= 15 is 0 Å². The smallest absolute Gasteiger partial charge is 0.227 e. The van der Waals surface area contributed by atoms with Gasteiger partial charge in [-0.2, -0.15) is 0 Å². The number of benzene rings is 1. The molecular formula is C18H26N2O3S. The first-order valence-electron chi connectivity index (χ1n) is 8.41. The number of carbonyl (C=O) groups excluding carboxylic acids is 1. The average Bonchev–Trinajstić information content (AvgIpc) is 3.03. The normalized spacial score (nSPS) is 28.4. The summed E-state index contributed by atoms with van der Waals surface area (Å²) in [5.41, 5.74) is 3.27. The van der Waals surface area contributed by atoms with E-state index in [2.05, 4.69) is 0 Å². The zero-order chi connectivity index (χ0) is 17.6. The molecule has 0 aromatic heterocycles. The molecule has 0 N–H and O–H groups in total. The van der Waals surface area contributed by atoms with E-state index in [0.29, 0.717) is 19.5 Å². The van der Waals surface area contributed by atoms with Gasteiger partial charge in [-0.3, -0.25) is 4.79 Å². The summed E-state index contributed by atoms with van der Waals surface area (Å²) >= 11 is 0. The van der Waals surface area contributed by atoms with Gasteiger partial charge in [0.15, 0.2) is 9.84 Å². The molecule has 1 amide bonds. The van der Waals surface area contributed by atoms with Crippen molar-refractivity contribution in [1.82, 2.24) is 9.80 Å². The number of amides is 1. The maximum atomic E-state index is 12.7. The summed E-state index contributed by atoms with van der Waals surface area (Å²) in [7, 11) is 0.732. The molecule has 2 fully saturated rings. The third kappa shape index (κ3) is 3.09. The van der Waals surface area contributed by atoms with Crippen LogP contribution in [0, 0.1) is 19.8 Å². The van der Waals surface area contributed by atoms with E-state index in [-0.39, 0.29) is 23.6 Å². The molecule has 0 spiro atoms. The third-order valence-electron chi connectivity index (χ3n) is 5.53. The van der Waals surface area contributed by atoms with E-state index in [1.807, 2.05) is 51.0 Å². The van der Waals surface area contributed by atoms with Gasteiger partial charge < -0.3 is 9.80 Å². The lowest BCUT2D eigenvalue weighted by Gasteiger charge is -2.25. The fourth-order valence-corrected chi connectivity index (χ4v) is 6.51. The van der Waals surface area contributed by atoms with Crippen LogP contribution >= 0.6 is 0 Å². The van der Waals surface area contributed by atoms with Crippen LogP contribution in [0.25, 0.3) is 0 Å². The number of carbonyl (C=O) groups is 1. The molecule has 0 radical (unpaired) electrons. The minimum Gasteiger partial charge on any atom is -0.341 e. The number of nitrogens with zero attached hydrogens (tertiary/aromatic N) is 2. The summed E-state index contributed by atoms with van der Waals surface area (Å²) in [6.07, 6.45) is 0.347. The molecule has 2 aliphatic heterocycles. The highest BCUT2D eigenvalue weighted by Gasteiger charge is 2.53. The molecule has 0 saturated carbocycles. The first-order valence-corrected chi connectivity index (χ1v) is 10.1. The maximum Gasteiger partial charge on any atom is 0.227 e. The molecule has 0 unspecified atom stereocenters. The maximum absolute atomic E-state index is 12.7. The Labute approximate surface area is 144 Å². The highest BCUT2D eigenvalue weighted by molar-refractivity contribution is 7.92.